The summed E-state index contributed by atoms with van der Waals surface area (Å²) in [5, 5.41) is 0. The van der Waals surface area contributed by atoms with Gasteiger partial charge in [-0.25, -0.2) is 4.99 Å². The Morgan fingerprint density at radius 1 is 0.947 bits per heavy atom. The predicted octanol–water partition coefficient (Wildman–Crippen LogP) is 2.77. The molecule has 0 fully saturated rings. The average molecular weight is 251 g/mol. The fraction of sp³-hybridized carbons (Fsp3) is 0.125. The SMILES string of the molecule is O=C1OC(c2ccccc2)=NCC1c1ccccc1. The molecule has 1 heterocycles. The van der Waals surface area contributed by atoms with E-state index in [2.05, 4.69) is 4.99 Å². The maximum absolute atomic E-state index is 12.1. The van der Waals surface area contributed by atoms with Crippen molar-refractivity contribution in [2.45, 2.75) is 5.92 Å². The van der Waals surface area contributed by atoms with Gasteiger partial charge in [-0.1, -0.05) is 48.5 Å². The second-order valence-corrected chi connectivity index (χ2v) is 4.40. The topological polar surface area (TPSA) is 38.7 Å². The third kappa shape index (κ3) is 2.40. The molecule has 1 unspecified atom stereocenters. The van der Waals surface area contributed by atoms with Crippen LogP contribution in [0.4, 0.5) is 0 Å². The second kappa shape index (κ2) is 5.06. The van der Waals surface area contributed by atoms with E-state index < -0.39 is 0 Å². The van der Waals surface area contributed by atoms with Crippen LogP contribution in [-0.4, -0.2) is 18.4 Å². The molecule has 1 aliphatic rings. The molecule has 0 saturated carbocycles. The zero-order valence-corrected chi connectivity index (χ0v) is 10.3. The number of benzene rings is 2. The lowest BCUT2D eigenvalue weighted by molar-refractivity contribution is -0.137. The lowest BCUT2D eigenvalue weighted by Crippen LogP contribution is -2.28. The van der Waals surface area contributed by atoms with Crippen LogP contribution in [0.2, 0.25) is 0 Å². The van der Waals surface area contributed by atoms with E-state index in [1.54, 1.807) is 0 Å². The van der Waals surface area contributed by atoms with Gasteiger partial charge in [-0.2, -0.15) is 0 Å². The first kappa shape index (κ1) is 11.7. The normalized spacial score (nSPS) is 18.6. The highest BCUT2D eigenvalue weighted by atomic mass is 16.5. The summed E-state index contributed by atoms with van der Waals surface area (Å²) in [6.07, 6.45) is 0. The van der Waals surface area contributed by atoms with Crippen molar-refractivity contribution < 1.29 is 9.53 Å². The van der Waals surface area contributed by atoms with Gasteiger partial charge in [0.2, 0.25) is 5.90 Å². The van der Waals surface area contributed by atoms with Crippen molar-refractivity contribution in [3.8, 4) is 0 Å². The molecule has 3 rings (SSSR count). The first-order valence-electron chi connectivity index (χ1n) is 6.21. The van der Waals surface area contributed by atoms with Crippen molar-refractivity contribution in [1.82, 2.24) is 0 Å². The Morgan fingerprint density at radius 3 is 2.21 bits per heavy atom. The lowest BCUT2D eigenvalue weighted by atomic mass is 9.98. The molecule has 1 atom stereocenters. The summed E-state index contributed by atoms with van der Waals surface area (Å²) >= 11 is 0. The Kier molecular flexibility index (Phi) is 3.11. The molecule has 3 heteroatoms. The Morgan fingerprint density at radius 2 is 1.58 bits per heavy atom. The summed E-state index contributed by atoms with van der Waals surface area (Å²) in [4.78, 5) is 16.5. The molecule has 3 nitrogen and oxygen atoms in total. The number of hydrogen-bond acceptors (Lipinski definition) is 3. The molecular weight excluding hydrogens is 238 g/mol. The smallest absolute Gasteiger partial charge is 0.322 e. The Hall–Kier alpha value is -2.42. The fourth-order valence-electron chi connectivity index (χ4n) is 2.11. The van der Waals surface area contributed by atoms with Crippen LogP contribution in [0, 0.1) is 0 Å². The Bertz CT molecular complexity index is 605. The minimum atomic E-state index is -0.298. The summed E-state index contributed by atoms with van der Waals surface area (Å²) < 4.78 is 5.35. The first-order valence-corrected chi connectivity index (χ1v) is 6.21. The largest absolute Gasteiger partial charge is 0.407 e. The van der Waals surface area contributed by atoms with Gasteiger partial charge in [-0.15, -0.1) is 0 Å². The minimum absolute atomic E-state index is 0.236. The summed E-state index contributed by atoms with van der Waals surface area (Å²) in [6.45, 7) is 0.438. The minimum Gasteiger partial charge on any atom is -0.407 e. The number of hydrogen-bond donors (Lipinski definition) is 0. The van der Waals surface area contributed by atoms with Gasteiger partial charge in [0.05, 0.1) is 6.54 Å². The quantitative estimate of drug-likeness (QED) is 0.770. The van der Waals surface area contributed by atoms with E-state index in [0.29, 0.717) is 12.4 Å². The van der Waals surface area contributed by atoms with Gasteiger partial charge in [-0.3, -0.25) is 4.79 Å². The molecule has 2 aromatic carbocycles. The van der Waals surface area contributed by atoms with Gasteiger partial charge in [0.1, 0.15) is 5.92 Å². The molecule has 19 heavy (non-hydrogen) atoms. The molecule has 2 aromatic rings. The molecule has 0 radical (unpaired) electrons. The highest BCUT2D eigenvalue weighted by Crippen LogP contribution is 2.22. The van der Waals surface area contributed by atoms with E-state index in [4.69, 9.17) is 4.74 Å². The number of esters is 1. The lowest BCUT2D eigenvalue weighted by Gasteiger charge is -2.20. The number of ether oxygens (including phenoxy) is 1. The van der Waals surface area contributed by atoms with Crippen LogP contribution < -0.4 is 0 Å². The Labute approximate surface area is 111 Å². The molecule has 0 aliphatic carbocycles. The van der Waals surface area contributed by atoms with Crippen LogP contribution in [0.5, 0.6) is 0 Å². The summed E-state index contributed by atoms with van der Waals surface area (Å²) in [6, 6.07) is 19.1. The molecule has 0 bridgehead atoms. The van der Waals surface area contributed by atoms with Crippen LogP contribution in [0.3, 0.4) is 0 Å². The number of aliphatic imine (C=N–C) groups is 1. The molecule has 0 amide bonds. The van der Waals surface area contributed by atoms with Crippen molar-refractivity contribution in [3.05, 3.63) is 71.8 Å². The van der Waals surface area contributed by atoms with Gasteiger partial charge >= 0.3 is 5.97 Å². The van der Waals surface area contributed by atoms with E-state index in [-0.39, 0.29) is 11.9 Å². The number of nitrogens with zero attached hydrogens (tertiary/aromatic N) is 1. The Balaban J connectivity index is 1.85. The molecule has 0 N–H and O–H groups in total. The summed E-state index contributed by atoms with van der Waals surface area (Å²) in [7, 11) is 0. The number of carbonyl (C=O) groups is 1. The first-order chi connectivity index (χ1) is 9.34. The predicted molar refractivity (Wildman–Crippen MR) is 73.1 cm³/mol. The molecule has 0 saturated heterocycles. The summed E-state index contributed by atoms with van der Waals surface area (Å²) in [5.74, 6) is -0.119. The monoisotopic (exact) mass is 251 g/mol. The van der Waals surface area contributed by atoms with Crippen LogP contribution in [0.15, 0.2) is 65.7 Å². The molecule has 94 valence electrons. The second-order valence-electron chi connectivity index (χ2n) is 4.40. The van der Waals surface area contributed by atoms with E-state index in [0.717, 1.165) is 11.1 Å². The third-order valence-electron chi connectivity index (χ3n) is 3.12. The molecule has 1 aliphatic heterocycles. The zero-order chi connectivity index (χ0) is 13.1. The van der Waals surface area contributed by atoms with Gasteiger partial charge in [0.25, 0.3) is 0 Å². The average Bonchev–Trinajstić information content (AvgIpc) is 2.49. The maximum atomic E-state index is 12.1. The molecule has 0 spiro atoms. The third-order valence-corrected chi connectivity index (χ3v) is 3.12. The van der Waals surface area contributed by atoms with Gasteiger partial charge in [-0.05, 0) is 17.7 Å². The highest BCUT2D eigenvalue weighted by Gasteiger charge is 2.28. The van der Waals surface area contributed by atoms with Gasteiger partial charge in [0.15, 0.2) is 0 Å². The summed E-state index contributed by atoms with van der Waals surface area (Å²) in [5.41, 5.74) is 1.78. The van der Waals surface area contributed by atoms with Crippen molar-refractivity contribution >= 4 is 11.9 Å². The van der Waals surface area contributed by atoms with Crippen LogP contribution in [-0.2, 0) is 9.53 Å². The van der Waals surface area contributed by atoms with Crippen LogP contribution >= 0.6 is 0 Å². The maximum Gasteiger partial charge on any atom is 0.322 e. The van der Waals surface area contributed by atoms with E-state index in [1.165, 1.54) is 0 Å². The van der Waals surface area contributed by atoms with E-state index in [1.807, 2.05) is 60.7 Å². The van der Waals surface area contributed by atoms with E-state index in [9.17, 15) is 4.79 Å². The zero-order valence-electron chi connectivity index (χ0n) is 10.3. The van der Waals surface area contributed by atoms with Crippen molar-refractivity contribution in [1.29, 1.82) is 0 Å². The molecule has 0 aromatic heterocycles. The van der Waals surface area contributed by atoms with Crippen molar-refractivity contribution in [2.24, 2.45) is 4.99 Å². The van der Waals surface area contributed by atoms with Crippen LogP contribution in [0.25, 0.3) is 0 Å². The van der Waals surface area contributed by atoms with Gasteiger partial charge in [0, 0.05) is 5.56 Å². The van der Waals surface area contributed by atoms with Gasteiger partial charge < -0.3 is 4.74 Å². The van der Waals surface area contributed by atoms with Crippen molar-refractivity contribution in [3.63, 3.8) is 0 Å². The van der Waals surface area contributed by atoms with Crippen molar-refractivity contribution in [2.75, 3.05) is 6.54 Å². The molecular formula is C16H13NO2. The fourth-order valence-corrected chi connectivity index (χ4v) is 2.11. The number of cyclic esters (lactones) is 1. The van der Waals surface area contributed by atoms with Crippen LogP contribution in [0.1, 0.15) is 17.0 Å². The standard InChI is InChI=1S/C16H13NO2/c18-16-14(12-7-3-1-4-8-12)11-17-15(19-16)13-9-5-2-6-10-13/h1-10,14H,11H2. The van der Waals surface area contributed by atoms with E-state index >= 15 is 0 Å². The number of rotatable bonds is 2. The number of carbonyl (C=O) groups excluding carboxylic acids is 1. The highest BCUT2D eigenvalue weighted by molar-refractivity contribution is 6.03.